The Labute approximate surface area is 197 Å². The third kappa shape index (κ3) is 3.20. The summed E-state index contributed by atoms with van der Waals surface area (Å²) in [5.41, 5.74) is 4.25. The maximum Gasteiger partial charge on any atom is 0.240 e. The van der Waals surface area contributed by atoms with Crippen LogP contribution in [0.4, 0.5) is 5.69 Å². The lowest BCUT2D eigenvalue weighted by molar-refractivity contribution is -0.118. The largest absolute Gasteiger partial charge is 0.504 e. The molecule has 0 bridgehead atoms. The molecular formula is C29H23NO4. The molecule has 5 heteroatoms. The van der Waals surface area contributed by atoms with Crippen molar-refractivity contribution in [2.24, 2.45) is 0 Å². The van der Waals surface area contributed by atoms with Crippen molar-refractivity contribution in [3.05, 3.63) is 119 Å². The van der Waals surface area contributed by atoms with E-state index in [0.29, 0.717) is 30.3 Å². The summed E-state index contributed by atoms with van der Waals surface area (Å²) in [5, 5.41) is 11.1. The number of ether oxygens (including phenoxy) is 2. The summed E-state index contributed by atoms with van der Waals surface area (Å²) in [6, 6.07) is 31.1. The Morgan fingerprint density at radius 1 is 0.735 bits per heavy atom. The standard InChI is InChI=1S/C29H23NO4/c31-27-22(15-16-24-28(27)34-18-17-33-24)25-21-13-7-8-14-23(21)30(29(25)32)26(19-9-3-1-4-10-19)20-11-5-2-6-12-20/h1-16,25-26,31H,17-18H2. The smallest absolute Gasteiger partial charge is 0.240 e. The van der Waals surface area contributed by atoms with Crippen molar-refractivity contribution in [2.45, 2.75) is 12.0 Å². The van der Waals surface area contributed by atoms with E-state index in [0.717, 1.165) is 22.4 Å². The molecule has 4 aromatic carbocycles. The van der Waals surface area contributed by atoms with E-state index in [1.807, 2.05) is 89.8 Å². The van der Waals surface area contributed by atoms with Crippen LogP contribution in [-0.4, -0.2) is 24.2 Å². The fourth-order valence-corrected chi connectivity index (χ4v) is 5.02. The highest BCUT2D eigenvalue weighted by atomic mass is 16.6. The van der Waals surface area contributed by atoms with E-state index in [-0.39, 0.29) is 17.7 Å². The Balaban J connectivity index is 1.52. The molecular weight excluding hydrogens is 426 g/mol. The van der Waals surface area contributed by atoms with Gasteiger partial charge >= 0.3 is 0 Å². The molecule has 6 rings (SSSR count). The molecule has 1 N–H and O–H groups in total. The van der Waals surface area contributed by atoms with Crippen LogP contribution in [0.5, 0.6) is 17.2 Å². The van der Waals surface area contributed by atoms with Crippen molar-refractivity contribution in [3.8, 4) is 17.2 Å². The maximum absolute atomic E-state index is 14.2. The minimum absolute atomic E-state index is 0.0387. The van der Waals surface area contributed by atoms with Gasteiger partial charge in [-0.1, -0.05) is 84.9 Å². The molecule has 5 nitrogen and oxygen atoms in total. The average molecular weight is 450 g/mol. The van der Waals surface area contributed by atoms with Crippen LogP contribution >= 0.6 is 0 Å². The van der Waals surface area contributed by atoms with Gasteiger partial charge in [0.15, 0.2) is 11.5 Å². The van der Waals surface area contributed by atoms with Gasteiger partial charge in [0.1, 0.15) is 13.2 Å². The molecule has 0 aromatic heterocycles. The topological polar surface area (TPSA) is 59.0 Å². The van der Waals surface area contributed by atoms with Crippen molar-refractivity contribution >= 4 is 11.6 Å². The van der Waals surface area contributed by atoms with E-state index in [1.165, 1.54) is 0 Å². The predicted octanol–water partition coefficient (Wildman–Crippen LogP) is 5.43. The molecule has 2 aliphatic rings. The van der Waals surface area contributed by atoms with Gasteiger partial charge in [-0.3, -0.25) is 9.69 Å². The molecule has 0 fully saturated rings. The second-order valence-corrected chi connectivity index (χ2v) is 8.45. The molecule has 1 atom stereocenters. The van der Waals surface area contributed by atoms with E-state index in [9.17, 15) is 9.90 Å². The van der Waals surface area contributed by atoms with Crippen LogP contribution in [0.1, 0.15) is 34.2 Å². The van der Waals surface area contributed by atoms with Gasteiger partial charge < -0.3 is 14.6 Å². The van der Waals surface area contributed by atoms with Crippen molar-refractivity contribution in [1.29, 1.82) is 0 Å². The SMILES string of the molecule is O=C1C(c2ccc3c(c2O)OCCO3)c2ccccc2N1C(c1ccccc1)c1ccccc1. The van der Waals surface area contributed by atoms with Gasteiger partial charge in [0.05, 0.1) is 12.0 Å². The summed E-state index contributed by atoms with van der Waals surface area (Å²) in [6.07, 6.45) is 0. The Bertz CT molecular complexity index is 1310. The Kier molecular flexibility index (Phi) is 4.95. The molecule has 0 saturated carbocycles. The number of phenolic OH excluding ortho intramolecular Hbond substituents is 1. The zero-order valence-corrected chi connectivity index (χ0v) is 18.4. The van der Waals surface area contributed by atoms with Crippen molar-refractivity contribution in [2.75, 3.05) is 18.1 Å². The highest BCUT2D eigenvalue weighted by Crippen LogP contribution is 2.51. The molecule has 34 heavy (non-hydrogen) atoms. The van der Waals surface area contributed by atoms with Crippen LogP contribution in [0.2, 0.25) is 0 Å². The second-order valence-electron chi connectivity index (χ2n) is 8.45. The number of para-hydroxylation sites is 1. The van der Waals surface area contributed by atoms with Gasteiger partial charge in [0, 0.05) is 11.3 Å². The lowest BCUT2D eigenvalue weighted by atomic mass is 9.91. The maximum atomic E-state index is 14.2. The van der Waals surface area contributed by atoms with Crippen LogP contribution in [0.25, 0.3) is 0 Å². The summed E-state index contributed by atoms with van der Waals surface area (Å²) >= 11 is 0. The number of hydrogen-bond acceptors (Lipinski definition) is 4. The van der Waals surface area contributed by atoms with Crippen LogP contribution in [0.3, 0.4) is 0 Å². The summed E-state index contributed by atoms with van der Waals surface area (Å²) < 4.78 is 11.3. The summed E-state index contributed by atoms with van der Waals surface area (Å²) in [7, 11) is 0. The number of nitrogens with zero attached hydrogens (tertiary/aromatic N) is 1. The van der Waals surface area contributed by atoms with E-state index >= 15 is 0 Å². The summed E-state index contributed by atoms with van der Waals surface area (Å²) in [5.74, 6) is 0.0145. The molecule has 0 aliphatic carbocycles. The Hall–Kier alpha value is -4.25. The number of rotatable bonds is 4. The molecule has 168 valence electrons. The number of anilines is 1. The normalized spacial score (nSPS) is 16.6. The van der Waals surface area contributed by atoms with Gasteiger partial charge in [-0.05, 0) is 28.8 Å². The third-order valence-electron chi connectivity index (χ3n) is 6.51. The third-order valence-corrected chi connectivity index (χ3v) is 6.51. The summed E-state index contributed by atoms with van der Waals surface area (Å²) in [6.45, 7) is 0.788. The van der Waals surface area contributed by atoms with Crippen molar-refractivity contribution in [3.63, 3.8) is 0 Å². The van der Waals surface area contributed by atoms with Crippen LogP contribution in [-0.2, 0) is 4.79 Å². The molecule has 1 unspecified atom stereocenters. The second kappa shape index (κ2) is 8.27. The van der Waals surface area contributed by atoms with E-state index in [1.54, 1.807) is 12.1 Å². The zero-order chi connectivity index (χ0) is 23.1. The number of benzene rings is 4. The first-order valence-electron chi connectivity index (χ1n) is 11.4. The van der Waals surface area contributed by atoms with Crippen molar-refractivity contribution < 1.29 is 19.4 Å². The molecule has 4 aromatic rings. The minimum Gasteiger partial charge on any atom is -0.504 e. The average Bonchev–Trinajstić information content (AvgIpc) is 3.18. The van der Waals surface area contributed by atoms with Crippen molar-refractivity contribution in [1.82, 2.24) is 0 Å². The molecule has 1 amide bonds. The Morgan fingerprint density at radius 2 is 1.35 bits per heavy atom. The first-order chi connectivity index (χ1) is 16.7. The fourth-order valence-electron chi connectivity index (χ4n) is 5.02. The number of hydrogen-bond donors (Lipinski definition) is 1. The monoisotopic (exact) mass is 449 g/mol. The van der Waals surface area contributed by atoms with E-state index in [2.05, 4.69) is 0 Å². The van der Waals surface area contributed by atoms with Crippen LogP contribution < -0.4 is 14.4 Å². The van der Waals surface area contributed by atoms with Gasteiger partial charge in [0.25, 0.3) is 0 Å². The van der Waals surface area contributed by atoms with Gasteiger partial charge in [0.2, 0.25) is 11.7 Å². The first kappa shape index (κ1) is 20.4. The van der Waals surface area contributed by atoms with Crippen LogP contribution in [0.15, 0.2) is 97.1 Å². The van der Waals surface area contributed by atoms with E-state index < -0.39 is 5.92 Å². The Morgan fingerprint density at radius 3 is 2.06 bits per heavy atom. The number of fused-ring (bicyclic) bond motifs is 2. The minimum atomic E-state index is -0.651. The highest BCUT2D eigenvalue weighted by Gasteiger charge is 2.44. The quantitative estimate of drug-likeness (QED) is 0.451. The van der Waals surface area contributed by atoms with Gasteiger partial charge in [-0.15, -0.1) is 0 Å². The fraction of sp³-hybridized carbons (Fsp3) is 0.138. The first-order valence-corrected chi connectivity index (χ1v) is 11.4. The predicted molar refractivity (Wildman–Crippen MR) is 130 cm³/mol. The number of aromatic hydroxyl groups is 1. The molecule has 2 heterocycles. The highest BCUT2D eigenvalue weighted by molar-refractivity contribution is 6.08. The lowest BCUT2D eigenvalue weighted by Gasteiger charge is -2.30. The molecule has 0 saturated heterocycles. The van der Waals surface area contributed by atoms with Crippen LogP contribution in [0, 0.1) is 0 Å². The lowest BCUT2D eigenvalue weighted by Crippen LogP contribution is -2.34. The number of carbonyl (C=O) groups is 1. The molecule has 0 radical (unpaired) electrons. The number of phenols is 1. The summed E-state index contributed by atoms with van der Waals surface area (Å²) in [4.78, 5) is 16.1. The van der Waals surface area contributed by atoms with E-state index in [4.69, 9.17) is 9.47 Å². The number of amides is 1. The molecule has 2 aliphatic heterocycles. The zero-order valence-electron chi connectivity index (χ0n) is 18.4. The van der Waals surface area contributed by atoms with Gasteiger partial charge in [-0.25, -0.2) is 0 Å². The van der Waals surface area contributed by atoms with Gasteiger partial charge in [-0.2, -0.15) is 0 Å². The number of carbonyl (C=O) groups excluding carboxylic acids is 1. The molecule has 0 spiro atoms.